The molecule has 0 aliphatic carbocycles. The smallest absolute Gasteiger partial charge is 0.458 e. The number of fused-ring (bicyclic) bond motifs is 5. The van der Waals surface area contributed by atoms with Crippen LogP contribution in [0.3, 0.4) is 0 Å². The van der Waals surface area contributed by atoms with Crippen molar-refractivity contribution in [2.75, 3.05) is 6.54 Å². The molecule has 11 nitrogen and oxygen atoms in total. The molecule has 0 radical (unpaired) electrons. The average Bonchev–Trinajstić information content (AvgIpc) is 3.21. The summed E-state index contributed by atoms with van der Waals surface area (Å²) < 4.78 is 22.6. The highest BCUT2D eigenvalue weighted by Crippen LogP contribution is 2.39. The Labute approximate surface area is 217 Å². The third-order valence-corrected chi connectivity index (χ3v) is 6.38. The molecule has 38 heavy (non-hydrogen) atoms. The Balaban J connectivity index is 1.60. The largest absolute Gasteiger partial charge is 0.514 e. The van der Waals surface area contributed by atoms with Crippen LogP contribution in [0.25, 0.3) is 22.3 Å². The molecule has 0 fully saturated rings. The van der Waals surface area contributed by atoms with E-state index in [2.05, 4.69) is 0 Å². The number of ether oxygens (including phenoxy) is 4. The number of rotatable bonds is 4. The molecule has 2 aromatic heterocycles. The number of hydrogen-bond acceptors (Lipinski definition) is 10. The minimum atomic E-state index is -1.38. The van der Waals surface area contributed by atoms with Crippen LogP contribution >= 0.6 is 0 Å². The highest BCUT2D eigenvalue weighted by atomic mass is 16.7. The van der Waals surface area contributed by atoms with Crippen LogP contribution in [0.2, 0.25) is 0 Å². The van der Waals surface area contributed by atoms with Crippen molar-refractivity contribution < 1.29 is 33.3 Å². The summed E-state index contributed by atoms with van der Waals surface area (Å²) in [6, 6.07) is 6.75. The van der Waals surface area contributed by atoms with E-state index in [-0.39, 0.29) is 29.8 Å². The molecule has 2 aliphatic heterocycles. The quantitative estimate of drug-likeness (QED) is 0.241. The molecular formula is C27H27N3O8. The Morgan fingerprint density at radius 3 is 2.63 bits per heavy atom. The fourth-order valence-electron chi connectivity index (χ4n) is 4.80. The number of aryl methyl sites for hydroxylation is 1. The van der Waals surface area contributed by atoms with Crippen LogP contribution in [0.15, 0.2) is 29.1 Å². The Morgan fingerprint density at radius 2 is 1.95 bits per heavy atom. The minimum Gasteiger partial charge on any atom is -0.458 e. The van der Waals surface area contributed by atoms with Gasteiger partial charge >= 0.3 is 18.1 Å². The van der Waals surface area contributed by atoms with Crippen molar-refractivity contribution in [3.63, 3.8) is 0 Å². The zero-order chi connectivity index (χ0) is 27.4. The number of nitrogens with two attached hydrogens (primary N) is 1. The van der Waals surface area contributed by atoms with E-state index in [9.17, 15) is 19.2 Å². The SMILES string of the molecule is CCc1c2c(nc3ccc(OC(=O)OC(C)(C)C)cc13)-c1cc3c(c(=O)n1C2)COC(=O)C3OC(=O)CN. The van der Waals surface area contributed by atoms with Gasteiger partial charge < -0.3 is 29.2 Å². The summed E-state index contributed by atoms with van der Waals surface area (Å²) in [6.07, 6.45) is -1.57. The topological polar surface area (TPSA) is 149 Å². The number of benzene rings is 1. The van der Waals surface area contributed by atoms with E-state index in [0.29, 0.717) is 29.1 Å². The van der Waals surface area contributed by atoms with Gasteiger partial charge in [0.15, 0.2) is 0 Å². The Morgan fingerprint density at radius 1 is 1.18 bits per heavy atom. The van der Waals surface area contributed by atoms with Crippen LogP contribution in [-0.4, -0.2) is 39.8 Å². The first-order valence-electron chi connectivity index (χ1n) is 12.2. The lowest BCUT2D eigenvalue weighted by Gasteiger charge is -2.24. The molecule has 1 unspecified atom stereocenters. The van der Waals surface area contributed by atoms with Gasteiger partial charge in [0.2, 0.25) is 6.10 Å². The molecule has 11 heteroatoms. The van der Waals surface area contributed by atoms with E-state index in [1.54, 1.807) is 49.6 Å². The third kappa shape index (κ3) is 4.38. The molecular weight excluding hydrogens is 494 g/mol. The molecule has 2 aliphatic rings. The fourth-order valence-corrected chi connectivity index (χ4v) is 4.80. The second-order valence-electron chi connectivity index (χ2n) is 10.1. The van der Waals surface area contributed by atoms with E-state index in [1.807, 2.05) is 6.92 Å². The Hall–Kier alpha value is -4.25. The standard InChI is InChI=1S/C27H27N3O8/c1-5-14-15-8-13(36-26(34)38-27(2,3)4)6-7-19(15)29-22-17(14)11-30-20(22)9-16-18(24(30)32)12-35-25(33)23(16)37-21(31)10-28/h6-9,23H,5,10-12,28H2,1-4H3. The van der Waals surface area contributed by atoms with Gasteiger partial charge in [-0.05, 0) is 57.0 Å². The number of pyridine rings is 2. The van der Waals surface area contributed by atoms with E-state index in [1.165, 1.54) is 0 Å². The normalized spacial score (nSPS) is 15.8. The molecule has 2 N–H and O–H groups in total. The lowest BCUT2D eigenvalue weighted by atomic mass is 9.97. The number of esters is 2. The van der Waals surface area contributed by atoms with Gasteiger partial charge in [0, 0.05) is 16.5 Å². The van der Waals surface area contributed by atoms with Crippen molar-refractivity contribution in [3.8, 4) is 17.1 Å². The molecule has 0 saturated heterocycles. The number of cyclic esters (lactones) is 1. The van der Waals surface area contributed by atoms with Crippen molar-refractivity contribution in [2.24, 2.45) is 5.73 Å². The molecule has 0 amide bonds. The Kier molecular flexibility index (Phi) is 6.18. The summed E-state index contributed by atoms with van der Waals surface area (Å²) in [5.74, 6) is -1.24. The van der Waals surface area contributed by atoms with E-state index >= 15 is 0 Å². The second-order valence-corrected chi connectivity index (χ2v) is 10.1. The molecule has 1 aromatic carbocycles. The van der Waals surface area contributed by atoms with Crippen molar-refractivity contribution in [1.82, 2.24) is 9.55 Å². The van der Waals surface area contributed by atoms with Crippen molar-refractivity contribution >= 4 is 29.0 Å². The van der Waals surface area contributed by atoms with Crippen LogP contribution in [0, 0.1) is 0 Å². The lowest BCUT2D eigenvalue weighted by molar-refractivity contribution is -0.170. The first kappa shape index (κ1) is 25.4. The van der Waals surface area contributed by atoms with Crippen LogP contribution < -0.4 is 16.0 Å². The highest BCUT2D eigenvalue weighted by Gasteiger charge is 2.37. The van der Waals surface area contributed by atoms with Gasteiger partial charge in [0.05, 0.1) is 35.6 Å². The predicted molar refractivity (Wildman–Crippen MR) is 134 cm³/mol. The van der Waals surface area contributed by atoms with Crippen LogP contribution in [0.1, 0.15) is 56.1 Å². The zero-order valence-electron chi connectivity index (χ0n) is 21.5. The van der Waals surface area contributed by atoms with Crippen molar-refractivity contribution in [1.29, 1.82) is 0 Å². The fraction of sp³-hybridized carbons (Fsp3) is 0.370. The van der Waals surface area contributed by atoms with Crippen LogP contribution in [-0.2, 0) is 43.4 Å². The van der Waals surface area contributed by atoms with Crippen LogP contribution in [0.4, 0.5) is 4.79 Å². The minimum absolute atomic E-state index is 0.221. The first-order valence-corrected chi connectivity index (χ1v) is 12.2. The van der Waals surface area contributed by atoms with Gasteiger partial charge in [-0.1, -0.05) is 6.92 Å². The molecule has 5 rings (SSSR count). The molecule has 3 aromatic rings. The number of nitrogens with zero attached hydrogens (tertiary/aromatic N) is 2. The first-order chi connectivity index (χ1) is 18.0. The van der Waals surface area contributed by atoms with Gasteiger partial charge in [0.25, 0.3) is 5.56 Å². The average molecular weight is 522 g/mol. The third-order valence-electron chi connectivity index (χ3n) is 6.38. The maximum absolute atomic E-state index is 13.5. The Bertz CT molecular complexity index is 1570. The number of carbonyl (C=O) groups excluding carboxylic acids is 3. The zero-order valence-corrected chi connectivity index (χ0v) is 21.5. The van der Waals surface area contributed by atoms with Gasteiger partial charge in [-0.2, -0.15) is 0 Å². The number of aromatic nitrogens is 2. The van der Waals surface area contributed by atoms with E-state index in [0.717, 1.165) is 16.5 Å². The molecule has 0 saturated carbocycles. The van der Waals surface area contributed by atoms with Crippen molar-refractivity contribution in [2.45, 2.75) is 59.0 Å². The molecule has 4 heterocycles. The molecule has 0 bridgehead atoms. The van der Waals surface area contributed by atoms with Gasteiger partial charge in [-0.25, -0.2) is 14.6 Å². The summed E-state index contributed by atoms with van der Waals surface area (Å²) in [5.41, 5.74) is 8.35. The van der Waals surface area contributed by atoms with Gasteiger partial charge in [-0.15, -0.1) is 0 Å². The summed E-state index contributed by atoms with van der Waals surface area (Å²) in [7, 11) is 0. The molecule has 0 spiro atoms. The summed E-state index contributed by atoms with van der Waals surface area (Å²) >= 11 is 0. The second kappa shape index (κ2) is 9.25. The summed E-state index contributed by atoms with van der Waals surface area (Å²) in [6.45, 7) is 6.87. The van der Waals surface area contributed by atoms with Crippen molar-refractivity contribution in [3.05, 3.63) is 56.9 Å². The summed E-state index contributed by atoms with van der Waals surface area (Å²) in [5, 5.41) is 0.784. The predicted octanol–water partition coefficient (Wildman–Crippen LogP) is 2.90. The maximum atomic E-state index is 13.5. The maximum Gasteiger partial charge on any atom is 0.514 e. The van der Waals surface area contributed by atoms with Crippen LogP contribution in [0.5, 0.6) is 5.75 Å². The van der Waals surface area contributed by atoms with Gasteiger partial charge in [0.1, 0.15) is 18.0 Å². The number of hydrogen-bond donors (Lipinski definition) is 1. The monoisotopic (exact) mass is 521 g/mol. The number of carbonyl (C=O) groups is 3. The molecule has 198 valence electrons. The van der Waals surface area contributed by atoms with E-state index < -0.39 is 36.3 Å². The van der Waals surface area contributed by atoms with Gasteiger partial charge in [-0.3, -0.25) is 9.59 Å². The van der Waals surface area contributed by atoms with E-state index in [4.69, 9.17) is 29.7 Å². The highest BCUT2D eigenvalue weighted by molar-refractivity contribution is 5.90. The molecule has 1 atom stereocenters. The lowest BCUT2D eigenvalue weighted by Crippen LogP contribution is -2.35. The summed E-state index contributed by atoms with van der Waals surface area (Å²) in [4.78, 5) is 54.7.